The number of thiol groups is 1. The van der Waals surface area contributed by atoms with Crippen LogP contribution in [-0.2, 0) is 0 Å². The van der Waals surface area contributed by atoms with E-state index in [1.165, 1.54) is 0 Å². The monoisotopic (exact) mass is 261 g/mol. The topological polar surface area (TPSA) is 3.24 Å². The third-order valence-electron chi connectivity index (χ3n) is 0.383. The second-order valence-electron chi connectivity index (χ2n) is 1.18. The second kappa shape index (κ2) is 5.94. The van der Waals surface area contributed by atoms with Gasteiger partial charge in [0.05, 0.1) is 0 Å². The van der Waals surface area contributed by atoms with Crippen LogP contribution < -0.4 is 0 Å². The van der Waals surface area contributed by atoms with Gasteiger partial charge in [0.15, 0.2) is 0 Å². The molecule has 0 atom stereocenters. The van der Waals surface area contributed by atoms with Crippen molar-refractivity contribution < 1.29 is 2.85 Å². The first kappa shape index (κ1) is 11.6. The van der Waals surface area contributed by atoms with Crippen molar-refractivity contribution in [3.05, 3.63) is 0 Å². The largest absolute Gasteiger partial charge is 2.00 e. The Labute approximate surface area is 98.3 Å². The average molecular weight is 261 g/mol. The van der Waals surface area contributed by atoms with E-state index >= 15 is 0 Å². The van der Waals surface area contributed by atoms with E-state index in [-0.39, 0.29) is 51.7 Å². The van der Waals surface area contributed by atoms with Crippen LogP contribution in [0.2, 0.25) is 0 Å². The van der Waals surface area contributed by atoms with Crippen molar-refractivity contribution in [1.29, 1.82) is 0 Å². The molecule has 0 rings (SSSR count). The van der Waals surface area contributed by atoms with E-state index in [2.05, 4.69) is 24.8 Å². The molecule has 0 bridgehead atoms. The van der Waals surface area contributed by atoms with Gasteiger partial charge in [-0.2, -0.15) is 0 Å². The van der Waals surface area contributed by atoms with Gasteiger partial charge in [-0.3, -0.25) is 0 Å². The minimum atomic E-state index is 0. The molecule has 0 spiro atoms. The van der Waals surface area contributed by atoms with Crippen LogP contribution in [0.3, 0.4) is 0 Å². The van der Waals surface area contributed by atoms with E-state index in [4.69, 9.17) is 0 Å². The summed E-state index contributed by atoms with van der Waals surface area (Å²) in [5.74, 6) is 0. The Morgan fingerprint density at radius 3 is 1.86 bits per heavy atom. The Balaban J connectivity index is -0.0000000417. The fourth-order valence-electron chi connectivity index (χ4n) is 0. The molecule has 0 fully saturated rings. The van der Waals surface area contributed by atoms with Gasteiger partial charge in [-0.1, -0.05) is 12.2 Å². The van der Waals surface area contributed by atoms with E-state index < -0.39 is 0 Å². The molecule has 7 heavy (non-hydrogen) atoms. The molecule has 0 aromatic carbocycles. The van der Waals surface area contributed by atoms with Crippen LogP contribution in [0.25, 0.3) is 0 Å². The predicted octanol–water partition coefficient (Wildman–Crippen LogP) is 0.607. The molecule has 0 aliphatic heterocycles. The minimum Gasteiger partial charge on any atom is -1.00 e. The Morgan fingerprint density at radius 2 is 1.86 bits per heavy atom. The molecule has 0 aliphatic rings. The maximum absolute atomic E-state index is 4.61. The number of hydrogen-bond donors (Lipinski definition) is 1. The van der Waals surface area contributed by atoms with Crippen LogP contribution in [0.4, 0.5) is 0 Å². The Morgan fingerprint density at radius 1 is 1.71 bits per heavy atom. The Kier molecular flexibility index (Phi) is 9.83. The van der Waals surface area contributed by atoms with E-state index in [0.29, 0.717) is 4.32 Å². The maximum Gasteiger partial charge on any atom is 2.00 e. The normalized spacial score (nSPS) is 6.71. The summed E-state index contributed by atoms with van der Waals surface area (Å²) >= 11 is 8.46. The zero-order chi connectivity index (χ0) is 5.15. The van der Waals surface area contributed by atoms with Gasteiger partial charge in [-0.15, -0.1) is 12.6 Å². The van der Waals surface area contributed by atoms with E-state index in [9.17, 15) is 0 Å². The summed E-state index contributed by atoms with van der Waals surface area (Å²) in [4.78, 5) is 1.76. The molecule has 0 aliphatic carbocycles. The maximum atomic E-state index is 4.61. The summed E-state index contributed by atoms with van der Waals surface area (Å²) in [5.41, 5.74) is 0. The SMILES string of the molecule is CN(C)C(=S)S.[Ba+2].[H-].[H-]. The van der Waals surface area contributed by atoms with Gasteiger partial charge in [0, 0.05) is 14.1 Å². The van der Waals surface area contributed by atoms with Crippen LogP contribution in [0.15, 0.2) is 0 Å². The van der Waals surface area contributed by atoms with Crippen LogP contribution in [-0.4, -0.2) is 72.2 Å². The summed E-state index contributed by atoms with van der Waals surface area (Å²) in [6.07, 6.45) is 0. The third kappa shape index (κ3) is 7.81. The molecule has 0 radical (unpaired) electrons. The molecule has 40 valence electrons. The van der Waals surface area contributed by atoms with Crippen molar-refractivity contribution in [3.63, 3.8) is 0 Å². The predicted molar refractivity (Wildman–Crippen MR) is 43.2 cm³/mol. The quantitative estimate of drug-likeness (QED) is 0.386. The molecule has 0 aromatic heterocycles. The number of rotatable bonds is 0. The zero-order valence-electron chi connectivity index (χ0n) is 6.51. The van der Waals surface area contributed by atoms with Crippen molar-refractivity contribution in [2.24, 2.45) is 0 Å². The summed E-state index contributed by atoms with van der Waals surface area (Å²) in [5, 5.41) is 0. The van der Waals surface area contributed by atoms with Gasteiger partial charge in [0.1, 0.15) is 4.32 Å². The molecule has 0 aromatic rings. The van der Waals surface area contributed by atoms with Crippen LogP contribution in [0.1, 0.15) is 2.85 Å². The number of hydrogen-bond acceptors (Lipinski definition) is 1. The molecule has 0 saturated heterocycles. The van der Waals surface area contributed by atoms with E-state index in [0.717, 1.165) is 0 Å². The van der Waals surface area contributed by atoms with Crippen molar-refractivity contribution in [2.45, 2.75) is 0 Å². The molecule has 0 heterocycles. The van der Waals surface area contributed by atoms with Crippen LogP contribution in [0, 0.1) is 0 Å². The van der Waals surface area contributed by atoms with Crippen LogP contribution >= 0.6 is 24.8 Å². The first-order valence-electron chi connectivity index (χ1n) is 1.55. The van der Waals surface area contributed by atoms with E-state index in [1.807, 2.05) is 14.1 Å². The summed E-state index contributed by atoms with van der Waals surface area (Å²) in [7, 11) is 3.71. The first-order chi connectivity index (χ1) is 2.64. The number of nitrogens with zero attached hydrogens (tertiary/aromatic N) is 1. The fraction of sp³-hybridized carbons (Fsp3) is 0.667. The van der Waals surface area contributed by atoms with Crippen molar-refractivity contribution >= 4 is 78.0 Å². The molecule has 0 unspecified atom stereocenters. The van der Waals surface area contributed by atoms with Gasteiger partial charge in [-0.25, -0.2) is 0 Å². The summed E-state index contributed by atoms with van der Waals surface area (Å²) in [6.45, 7) is 0. The van der Waals surface area contributed by atoms with Crippen molar-refractivity contribution in [2.75, 3.05) is 14.1 Å². The standard InChI is InChI=1S/C3H7NS2.Ba.2H/c1-4(2)3(5)6;;;/h1-2H3,(H,5,6);;;/q;+2;2*-1. The molecule has 0 saturated carbocycles. The molecule has 1 nitrogen and oxygen atoms in total. The Hall–Kier alpha value is 1.81. The minimum absolute atomic E-state index is 0. The fourth-order valence-corrected chi connectivity index (χ4v) is 0. The van der Waals surface area contributed by atoms with Crippen molar-refractivity contribution in [1.82, 2.24) is 4.90 Å². The number of thiocarbonyl (C=S) groups is 1. The summed E-state index contributed by atoms with van der Waals surface area (Å²) < 4.78 is 0.620. The average Bonchev–Trinajstić information content (AvgIpc) is 1.36. The second-order valence-corrected chi connectivity index (χ2v) is 2.29. The van der Waals surface area contributed by atoms with Gasteiger partial charge < -0.3 is 7.75 Å². The van der Waals surface area contributed by atoms with Gasteiger partial charge in [0.25, 0.3) is 0 Å². The molecular formula is C3H9BaNS2. The third-order valence-corrected chi connectivity index (χ3v) is 1.15. The Bertz CT molecular complexity index is 70.8. The zero-order valence-corrected chi connectivity index (χ0v) is 10.7. The van der Waals surface area contributed by atoms with E-state index in [1.54, 1.807) is 4.90 Å². The smallest absolute Gasteiger partial charge is 1.00 e. The van der Waals surface area contributed by atoms with Gasteiger partial charge in [-0.05, 0) is 0 Å². The van der Waals surface area contributed by atoms with Crippen LogP contribution in [0.5, 0.6) is 0 Å². The molecule has 0 N–H and O–H groups in total. The molecule has 0 amide bonds. The summed E-state index contributed by atoms with van der Waals surface area (Å²) in [6, 6.07) is 0. The molecule has 4 heteroatoms. The molecular weight excluding hydrogens is 252 g/mol. The van der Waals surface area contributed by atoms with Gasteiger partial charge >= 0.3 is 48.9 Å². The first-order valence-corrected chi connectivity index (χ1v) is 2.40. The van der Waals surface area contributed by atoms with Gasteiger partial charge in [0.2, 0.25) is 0 Å². The van der Waals surface area contributed by atoms with Crippen molar-refractivity contribution in [3.8, 4) is 0 Å².